The van der Waals surface area contributed by atoms with Crippen LogP contribution in [0.1, 0.15) is 13.8 Å². The standard InChI is InChI=1S/C9H14N/c1-7-5-9(10(3)4)6-8(7)2/h5-6H,1-4H3. The first kappa shape index (κ1) is 7.39. The van der Waals surface area contributed by atoms with Gasteiger partial charge >= 0.3 is 0 Å². The van der Waals surface area contributed by atoms with Crippen molar-refractivity contribution < 1.29 is 0 Å². The maximum atomic E-state index is 2.20. The van der Waals surface area contributed by atoms with E-state index in [1.807, 2.05) is 0 Å². The van der Waals surface area contributed by atoms with Gasteiger partial charge in [-0.2, -0.15) is 0 Å². The van der Waals surface area contributed by atoms with E-state index in [0.717, 1.165) is 0 Å². The lowest BCUT2D eigenvalue weighted by atomic mass is 10.2. The Labute approximate surface area is 63.0 Å². The second kappa shape index (κ2) is 2.49. The van der Waals surface area contributed by atoms with Crippen LogP contribution in [0, 0.1) is 6.42 Å². The van der Waals surface area contributed by atoms with Crippen LogP contribution < -0.4 is 0 Å². The van der Waals surface area contributed by atoms with Crippen molar-refractivity contribution in [3.8, 4) is 0 Å². The second-order valence-corrected chi connectivity index (χ2v) is 2.97. The van der Waals surface area contributed by atoms with Gasteiger partial charge in [-0.25, -0.2) is 0 Å². The summed E-state index contributed by atoms with van der Waals surface area (Å²) in [5.74, 6) is 0. The Hall–Kier alpha value is -0.720. The molecule has 0 aromatic carbocycles. The summed E-state index contributed by atoms with van der Waals surface area (Å²) in [6, 6.07) is 0. The molecule has 1 radical (unpaired) electrons. The van der Waals surface area contributed by atoms with Gasteiger partial charge in [0.2, 0.25) is 0 Å². The van der Waals surface area contributed by atoms with E-state index in [-0.39, 0.29) is 0 Å². The summed E-state index contributed by atoms with van der Waals surface area (Å²) in [6.07, 6.45) is 4.41. The van der Waals surface area contributed by atoms with E-state index < -0.39 is 0 Å². The molecule has 0 N–H and O–H groups in total. The third kappa shape index (κ3) is 1.23. The van der Waals surface area contributed by atoms with Crippen molar-refractivity contribution in [2.75, 3.05) is 14.1 Å². The second-order valence-electron chi connectivity index (χ2n) is 2.97. The highest BCUT2D eigenvalue weighted by atomic mass is 15.1. The maximum absolute atomic E-state index is 2.20. The maximum Gasteiger partial charge on any atom is 0.0321 e. The van der Waals surface area contributed by atoms with Gasteiger partial charge in [-0.05, 0) is 25.5 Å². The Morgan fingerprint density at radius 2 is 1.70 bits per heavy atom. The Bertz CT molecular complexity index is 197. The van der Waals surface area contributed by atoms with Crippen LogP contribution in [0.3, 0.4) is 0 Å². The first-order valence-corrected chi connectivity index (χ1v) is 3.52. The lowest BCUT2D eigenvalue weighted by Gasteiger charge is -2.12. The normalized spacial score (nSPS) is 17.8. The summed E-state index contributed by atoms with van der Waals surface area (Å²) in [4.78, 5) is 2.12. The lowest BCUT2D eigenvalue weighted by molar-refractivity contribution is 0.524. The Morgan fingerprint density at radius 3 is 1.90 bits per heavy atom. The largest absolute Gasteiger partial charge is 0.380 e. The fourth-order valence-corrected chi connectivity index (χ4v) is 0.971. The molecule has 1 heteroatoms. The smallest absolute Gasteiger partial charge is 0.0321 e. The van der Waals surface area contributed by atoms with Crippen molar-refractivity contribution >= 4 is 0 Å². The third-order valence-corrected chi connectivity index (χ3v) is 1.87. The molecule has 0 aliphatic heterocycles. The molecule has 0 aromatic rings. The van der Waals surface area contributed by atoms with Gasteiger partial charge in [0.25, 0.3) is 0 Å². The van der Waals surface area contributed by atoms with Crippen molar-refractivity contribution in [2.45, 2.75) is 13.8 Å². The van der Waals surface area contributed by atoms with Crippen LogP contribution in [0.2, 0.25) is 0 Å². The molecular formula is C9H14N. The van der Waals surface area contributed by atoms with E-state index in [0.29, 0.717) is 0 Å². The zero-order valence-electron chi connectivity index (χ0n) is 7.10. The number of hydrogen-bond donors (Lipinski definition) is 0. The number of nitrogens with zero attached hydrogens (tertiary/aromatic N) is 1. The fraction of sp³-hybridized carbons (Fsp3) is 0.444. The topological polar surface area (TPSA) is 3.24 Å². The molecule has 1 aliphatic carbocycles. The summed E-state index contributed by atoms with van der Waals surface area (Å²) in [7, 11) is 4.13. The molecule has 1 rings (SSSR count). The zero-order valence-corrected chi connectivity index (χ0v) is 7.10. The fourth-order valence-electron chi connectivity index (χ4n) is 0.971. The number of allylic oxidation sites excluding steroid dienone is 3. The summed E-state index contributed by atoms with van der Waals surface area (Å²) in [6.45, 7) is 4.28. The zero-order chi connectivity index (χ0) is 7.72. The predicted molar refractivity (Wildman–Crippen MR) is 44.4 cm³/mol. The molecule has 10 heavy (non-hydrogen) atoms. The molecule has 0 saturated heterocycles. The van der Waals surface area contributed by atoms with E-state index in [9.17, 15) is 0 Å². The molecule has 0 unspecified atom stereocenters. The number of rotatable bonds is 1. The first-order valence-electron chi connectivity index (χ1n) is 3.52. The van der Waals surface area contributed by atoms with E-state index in [4.69, 9.17) is 0 Å². The highest BCUT2D eigenvalue weighted by Crippen LogP contribution is 2.23. The molecule has 0 saturated carbocycles. The monoisotopic (exact) mass is 136 g/mol. The molecule has 1 aliphatic rings. The van der Waals surface area contributed by atoms with E-state index in [1.165, 1.54) is 16.8 Å². The van der Waals surface area contributed by atoms with E-state index in [1.54, 1.807) is 0 Å². The molecular weight excluding hydrogens is 122 g/mol. The predicted octanol–water partition coefficient (Wildman–Crippen LogP) is 1.99. The summed E-state index contributed by atoms with van der Waals surface area (Å²) in [5, 5.41) is 0. The molecule has 0 amide bonds. The SMILES string of the molecule is CC1=C(C)C=C(N(C)C)[CH]1. The molecule has 0 heterocycles. The summed E-state index contributed by atoms with van der Waals surface area (Å²) < 4.78 is 0. The Morgan fingerprint density at radius 1 is 1.10 bits per heavy atom. The highest BCUT2D eigenvalue weighted by molar-refractivity contribution is 5.44. The van der Waals surface area contributed by atoms with Gasteiger partial charge < -0.3 is 4.90 Å². The van der Waals surface area contributed by atoms with Crippen LogP contribution in [0.4, 0.5) is 0 Å². The van der Waals surface area contributed by atoms with Crippen LogP contribution in [-0.2, 0) is 0 Å². The minimum atomic E-state index is 1.30. The number of hydrogen-bond acceptors (Lipinski definition) is 1. The first-order chi connectivity index (χ1) is 4.61. The van der Waals surface area contributed by atoms with Crippen LogP contribution in [-0.4, -0.2) is 19.0 Å². The van der Waals surface area contributed by atoms with Crippen LogP contribution >= 0.6 is 0 Å². The minimum Gasteiger partial charge on any atom is -0.380 e. The Balaban J connectivity index is 2.70. The molecule has 0 fully saturated rings. The molecule has 0 spiro atoms. The van der Waals surface area contributed by atoms with Gasteiger partial charge in [-0.1, -0.05) is 5.57 Å². The third-order valence-electron chi connectivity index (χ3n) is 1.87. The molecule has 0 atom stereocenters. The molecule has 55 valence electrons. The van der Waals surface area contributed by atoms with E-state index >= 15 is 0 Å². The van der Waals surface area contributed by atoms with Gasteiger partial charge in [0.1, 0.15) is 0 Å². The molecule has 1 nitrogen and oxygen atoms in total. The van der Waals surface area contributed by atoms with Crippen molar-refractivity contribution in [2.24, 2.45) is 0 Å². The van der Waals surface area contributed by atoms with Crippen molar-refractivity contribution in [1.29, 1.82) is 0 Å². The van der Waals surface area contributed by atoms with Gasteiger partial charge in [0.15, 0.2) is 0 Å². The summed E-state index contributed by atoms with van der Waals surface area (Å²) >= 11 is 0. The quantitative estimate of drug-likeness (QED) is 0.533. The average Bonchev–Trinajstić information content (AvgIpc) is 2.13. The van der Waals surface area contributed by atoms with Crippen molar-refractivity contribution in [3.63, 3.8) is 0 Å². The summed E-state index contributed by atoms with van der Waals surface area (Å²) in [5.41, 5.74) is 4.06. The van der Waals surface area contributed by atoms with Gasteiger partial charge in [-0.3, -0.25) is 0 Å². The van der Waals surface area contributed by atoms with Crippen molar-refractivity contribution in [3.05, 3.63) is 29.3 Å². The van der Waals surface area contributed by atoms with E-state index in [2.05, 4.69) is 45.3 Å². The minimum absolute atomic E-state index is 1.30. The van der Waals surface area contributed by atoms with Gasteiger partial charge in [0, 0.05) is 26.2 Å². The van der Waals surface area contributed by atoms with Crippen LogP contribution in [0.5, 0.6) is 0 Å². The van der Waals surface area contributed by atoms with Crippen LogP contribution in [0.25, 0.3) is 0 Å². The lowest BCUT2D eigenvalue weighted by Crippen LogP contribution is -2.09. The van der Waals surface area contributed by atoms with Crippen LogP contribution in [0.15, 0.2) is 22.9 Å². The van der Waals surface area contributed by atoms with Crippen molar-refractivity contribution in [1.82, 2.24) is 4.90 Å². The average molecular weight is 136 g/mol. The molecule has 0 bridgehead atoms. The van der Waals surface area contributed by atoms with Gasteiger partial charge in [0.05, 0.1) is 0 Å². The highest BCUT2D eigenvalue weighted by Gasteiger charge is 2.10. The molecule has 0 aromatic heterocycles. The van der Waals surface area contributed by atoms with Gasteiger partial charge in [-0.15, -0.1) is 0 Å². The Kier molecular flexibility index (Phi) is 1.84.